The largest absolute Gasteiger partial charge is 0.472 e. The van der Waals surface area contributed by atoms with Crippen molar-refractivity contribution < 1.29 is 66.3 Å². The minimum atomic E-state index is -5.33. The zero-order chi connectivity index (χ0) is 45.6. The SMILES string of the molecule is CC(=O)c1cccc(-c2nc3c(=O)[nH]c(N)nc3n2[C@@H]2O[C@@H]3COP(=O)(O)OC4C(O)[C@H](n5c(-c6cccc(C(C)=O)c6)nc6c(=O)[nH]c(N)nc65)O[C@@H]4COP(=O)(O)OC3C2O)c1. The number of ketones is 2. The number of aromatic nitrogens is 8. The van der Waals surface area contributed by atoms with Gasteiger partial charge < -0.3 is 40.9 Å². The van der Waals surface area contributed by atoms with E-state index in [0.717, 1.165) is 9.13 Å². The molecule has 3 aliphatic heterocycles. The molecular formula is C36H36N10O16P2. The maximum absolute atomic E-state index is 13.7. The highest BCUT2D eigenvalue weighted by molar-refractivity contribution is 7.47. The van der Waals surface area contributed by atoms with Gasteiger partial charge in [0.05, 0.1) is 13.2 Å². The fraction of sp³-hybridized carbons (Fsp3) is 0.333. The van der Waals surface area contributed by atoms with Gasteiger partial charge in [0.2, 0.25) is 11.9 Å². The van der Waals surface area contributed by atoms with Crippen molar-refractivity contribution in [1.82, 2.24) is 39.0 Å². The van der Waals surface area contributed by atoms with E-state index in [1.165, 1.54) is 62.4 Å². The molecule has 0 spiro atoms. The van der Waals surface area contributed by atoms with E-state index in [1.807, 2.05) is 0 Å². The number of imidazole rings is 2. The number of phosphoric ester groups is 2. The molecule has 10 atom stereocenters. The lowest BCUT2D eigenvalue weighted by atomic mass is 10.1. The van der Waals surface area contributed by atoms with Gasteiger partial charge in [0.25, 0.3) is 11.1 Å². The number of carbonyl (C=O) groups is 2. The molecule has 6 unspecified atom stereocenters. The van der Waals surface area contributed by atoms with Gasteiger partial charge >= 0.3 is 15.6 Å². The number of fused-ring (bicyclic) bond motifs is 4. The van der Waals surface area contributed by atoms with Crippen molar-refractivity contribution in [1.29, 1.82) is 0 Å². The topological polar surface area (TPSA) is 384 Å². The first-order chi connectivity index (χ1) is 30.3. The average Bonchev–Trinajstić information content (AvgIpc) is 3.97. The van der Waals surface area contributed by atoms with Gasteiger partial charge in [-0.1, -0.05) is 36.4 Å². The summed E-state index contributed by atoms with van der Waals surface area (Å²) in [6.45, 7) is 0.673. The number of nitrogen functional groups attached to an aromatic ring is 2. The number of rotatable bonds is 6. The molecule has 10 N–H and O–H groups in total. The number of carbonyl (C=O) groups excluding carboxylic acids is 2. The maximum Gasteiger partial charge on any atom is 0.472 e. The second-order valence-corrected chi connectivity index (χ2v) is 17.7. The van der Waals surface area contributed by atoms with Crippen LogP contribution in [0.2, 0.25) is 0 Å². The summed E-state index contributed by atoms with van der Waals surface area (Å²) in [6, 6.07) is 12.1. The lowest BCUT2D eigenvalue weighted by molar-refractivity contribution is -0.0660. The van der Waals surface area contributed by atoms with Crippen molar-refractivity contribution in [3.63, 3.8) is 0 Å². The van der Waals surface area contributed by atoms with E-state index in [4.69, 9.17) is 39.0 Å². The number of nitrogens with zero attached hydrogens (tertiary/aromatic N) is 6. The fourth-order valence-electron chi connectivity index (χ4n) is 7.74. The molecule has 0 amide bonds. The molecule has 0 aliphatic carbocycles. The first-order valence-electron chi connectivity index (χ1n) is 19.1. The Morgan fingerprint density at radius 1 is 0.688 bits per heavy atom. The molecule has 0 bridgehead atoms. The van der Waals surface area contributed by atoms with Crippen LogP contribution in [0.15, 0.2) is 58.1 Å². The van der Waals surface area contributed by atoms with Crippen molar-refractivity contribution in [3.05, 3.63) is 80.4 Å². The summed E-state index contributed by atoms with van der Waals surface area (Å²) in [5.74, 6) is -1.52. The van der Waals surface area contributed by atoms with Gasteiger partial charge in [0, 0.05) is 22.3 Å². The minimum absolute atomic E-state index is 0.0834. The Hall–Kier alpha value is -5.86. The van der Waals surface area contributed by atoms with E-state index in [2.05, 4.69) is 29.9 Å². The minimum Gasteiger partial charge on any atom is -0.386 e. The van der Waals surface area contributed by atoms with Crippen molar-refractivity contribution in [2.75, 3.05) is 24.7 Å². The number of nitrogens with one attached hydrogen (secondary N) is 2. The Morgan fingerprint density at radius 3 is 1.45 bits per heavy atom. The standard InChI is InChI=1S/C36H36N10O16P2/c1-13(47)15-5-3-7-17(9-15)27-39-21-29(41-35(37)43-31(21)51)45(27)33-23(49)25-19(59-33)11-57-64(55,56)62-26-20(12-58-63(53,54)61-25)60-34(24(26)50)46-28(18-8-4-6-16(10-18)14(2)48)40-22-30(46)42-36(38)44-32(22)52/h3-10,19-20,23-26,33-34,49-50H,11-12H2,1-2H3,(H,53,54)(H,55,56)(H3,37,41,43,51)(H3,38,42,44,52)/t19-,20-,23?,24?,25?,26?,33-,34-/m1/s1. The van der Waals surface area contributed by atoms with Crippen LogP contribution in [0.1, 0.15) is 47.0 Å². The number of aliphatic hydroxyl groups is 2. The van der Waals surface area contributed by atoms with Crippen molar-refractivity contribution in [3.8, 4) is 22.8 Å². The molecule has 26 nitrogen and oxygen atoms in total. The van der Waals surface area contributed by atoms with Gasteiger partial charge in [-0.05, 0) is 26.0 Å². The number of hydrogen-bond acceptors (Lipinski definition) is 20. The number of anilines is 2. The van der Waals surface area contributed by atoms with Gasteiger partial charge in [-0.15, -0.1) is 0 Å². The molecule has 3 fully saturated rings. The Kier molecular flexibility index (Phi) is 10.8. The van der Waals surface area contributed by atoms with Crippen LogP contribution in [0, 0.1) is 0 Å². The molecule has 2 aromatic carbocycles. The molecule has 4 aromatic heterocycles. The second kappa shape index (κ2) is 16.0. The Balaban J connectivity index is 1.07. The molecule has 3 aliphatic rings. The molecule has 0 radical (unpaired) electrons. The molecule has 3 saturated heterocycles. The Morgan fingerprint density at radius 2 is 1.08 bits per heavy atom. The van der Waals surface area contributed by atoms with Crippen LogP contribution < -0.4 is 22.6 Å². The van der Waals surface area contributed by atoms with Crippen molar-refractivity contribution >= 4 is 61.4 Å². The van der Waals surface area contributed by atoms with E-state index in [0.29, 0.717) is 0 Å². The second-order valence-electron chi connectivity index (χ2n) is 14.9. The number of benzene rings is 2. The van der Waals surface area contributed by atoms with Crippen LogP contribution in [-0.2, 0) is 36.7 Å². The van der Waals surface area contributed by atoms with Crippen LogP contribution in [0.5, 0.6) is 0 Å². The van der Waals surface area contributed by atoms with E-state index >= 15 is 0 Å². The van der Waals surface area contributed by atoms with Crippen LogP contribution in [0.4, 0.5) is 11.9 Å². The highest BCUT2D eigenvalue weighted by Crippen LogP contribution is 2.54. The summed E-state index contributed by atoms with van der Waals surface area (Å²) in [5.41, 5.74) is 10.1. The molecular weight excluding hydrogens is 890 g/mol. The third-order valence-electron chi connectivity index (χ3n) is 10.6. The summed E-state index contributed by atoms with van der Waals surface area (Å²) in [7, 11) is -10.7. The van der Waals surface area contributed by atoms with Gasteiger partial charge in [0.1, 0.15) is 48.3 Å². The first-order valence-corrected chi connectivity index (χ1v) is 22.0. The van der Waals surface area contributed by atoms with Crippen LogP contribution >= 0.6 is 15.6 Å². The first kappa shape index (κ1) is 43.4. The summed E-state index contributed by atoms with van der Waals surface area (Å²) in [4.78, 5) is 94.6. The number of H-pyrrole nitrogens is 2. The van der Waals surface area contributed by atoms with Crippen molar-refractivity contribution in [2.45, 2.75) is 62.9 Å². The number of aromatic amines is 2. The number of phosphoric acid groups is 2. The van der Waals surface area contributed by atoms with Gasteiger partial charge in [-0.25, -0.2) is 19.1 Å². The molecule has 28 heteroatoms. The normalized spacial score (nSPS) is 29.8. The third kappa shape index (κ3) is 7.78. The van der Waals surface area contributed by atoms with Crippen LogP contribution in [-0.4, -0.2) is 120 Å². The van der Waals surface area contributed by atoms with Gasteiger partial charge in [-0.2, -0.15) is 9.97 Å². The molecule has 7 heterocycles. The number of hydrogen-bond donors (Lipinski definition) is 8. The van der Waals surface area contributed by atoms with E-state index in [-0.39, 0.29) is 79.7 Å². The highest BCUT2D eigenvalue weighted by Gasteiger charge is 2.54. The summed E-state index contributed by atoms with van der Waals surface area (Å²) < 4.78 is 63.5. The monoisotopic (exact) mass is 926 g/mol. The maximum atomic E-state index is 13.7. The van der Waals surface area contributed by atoms with E-state index in [9.17, 15) is 48.3 Å². The number of Topliss-reactive ketones (excluding diaryl/α,β-unsaturated/α-hetero) is 2. The van der Waals surface area contributed by atoms with Gasteiger partial charge in [0.15, 0.2) is 46.4 Å². The molecule has 336 valence electrons. The predicted molar refractivity (Wildman–Crippen MR) is 217 cm³/mol. The van der Waals surface area contributed by atoms with Gasteiger partial charge in [-0.3, -0.25) is 56.4 Å². The lowest BCUT2D eigenvalue weighted by Crippen LogP contribution is -2.39. The van der Waals surface area contributed by atoms with E-state index < -0.39 is 89.1 Å². The zero-order valence-corrected chi connectivity index (χ0v) is 34.9. The molecule has 9 rings (SSSR count). The summed E-state index contributed by atoms with van der Waals surface area (Å²) in [6.07, 6.45) is -14.5. The third-order valence-corrected chi connectivity index (χ3v) is 12.6. The van der Waals surface area contributed by atoms with Crippen LogP contribution in [0.3, 0.4) is 0 Å². The Bertz CT molecular complexity index is 2910. The molecule has 0 saturated carbocycles. The number of aliphatic hydroxyl groups excluding tert-OH is 2. The number of nitrogens with two attached hydrogens (primary N) is 2. The number of ether oxygens (including phenoxy) is 2. The molecule has 64 heavy (non-hydrogen) atoms. The average molecular weight is 927 g/mol. The van der Waals surface area contributed by atoms with E-state index in [1.54, 1.807) is 0 Å². The fourth-order valence-corrected chi connectivity index (χ4v) is 9.67. The Labute approximate surface area is 356 Å². The lowest BCUT2D eigenvalue weighted by Gasteiger charge is -2.27. The van der Waals surface area contributed by atoms with Crippen LogP contribution in [0.25, 0.3) is 45.1 Å². The van der Waals surface area contributed by atoms with Crippen molar-refractivity contribution in [2.24, 2.45) is 0 Å². The zero-order valence-electron chi connectivity index (χ0n) is 33.1. The highest BCUT2D eigenvalue weighted by atomic mass is 31.2. The smallest absolute Gasteiger partial charge is 0.386 e. The molecule has 6 aromatic rings. The quantitative estimate of drug-likeness (QED) is 0.0841. The summed E-state index contributed by atoms with van der Waals surface area (Å²) >= 11 is 0. The predicted octanol–water partition coefficient (Wildman–Crippen LogP) is 0.691. The summed E-state index contributed by atoms with van der Waals surface area (Å²) in [5, 5.41) is 23.7.